The average molecular weight is 595 g/mol. The summed E-state index contributed by atoms with van der Waals surface area (Å²) in [7, 11) is 0. The number of hydrogen-bond donors (Lipinski definition) is 2. The smallest absolute Gasteiger partial charge is 0.265 e. The van der Waals surface area contributed by atoms with Crippen LogP contribution in [0.3, 0.4) is 0 Å². The van der Waals surface area contributed by atoms with E-state index >= 15 is 0 Å². The summed E-state index contributed by atoms with van der Waals surface area (Å²) < 4.78 is 1.30. The van der Waals surface area contributed by atoms with Crippen LogP contribution in [0.15, 0.2) is 58.5 Å². The summed E-state index contributed by atoms with van der Waals surface area (Å²) in [6, 6.07) is 3.45. The number of rotatable bonds is 10. The standard InChI is InChI=1S/C31H39ClN6O4/c1-6-22(8-7-20(2)32)9-11-33-29(41)26-14-23-13-25(36-12-10-24(16-36)35-21(3)39)15-34-28(23)38(30(26)42)17-27(40)37-18-31(4,5)19-37/h6-8,13-15,24H,1,9-12,16-19H2,2-5H3,(H,33,41)(H,35,39). The van der Waals surface area contributed by atoms with E-state index in [4.69, 9.17) is 11.6 Å². The molecule has 10 nitrogen and oxygen atoms in total. The van der Waals surface area contributed by atoms with E-state index in [-0.39, 0.29) is 41.9 Å². The average Bonchev–Trinajstić information content (AvgIpc) is 3.37. The summed E-state index contributed by atoms with van der Waals surface area (Å²) in [4.78, 5) is 59.9. The van der Waals surface area contributed by atoms with Crippen LogP contribution in [0.25, 0.3) is 11.0 Å². The molecule has 2 aromatic rings. The van der Waals surface area contributed by atoms with Gasteiger partial charge in [-0.3, -0.25) is 23.7 Å². The maximum atomic E-state index is 13.6. The van der Waals surface area contributed by atoms with Crippen LogP contribution < -0.4 is 21.1 Å². The molecule has 4 heterocycles. The van der Waals surface area contributed by atoms with E-state index < -0.39 is 11.5 Å². The van der Waals surface area contributed by atoms with Crippen molar-refractivity contribution in [2.45, 2.75) is 53.1 Å². The number of nitrogens with one attached hydrogen (secondary N) is 2. The summed E-state index contributed by atoms with van der Waals surface area (Å²) in [5.74, 6) is -0.796. The van der Waals surface area contributed by atoms with Crippen LogP contribution in [0.2, 0.25) is 0 Å². The zero-order valence-electron chi connectivity index (χ0n) is 24.7. The van der Waals surface area contributed by atoms with Gasteiger partial charge in [0.15, 0.2) is 0 Å². The van der Waals surface area contributed by atoms with E-state index in [1.54, 1.807) is 36.2 Å². The fourth-order valence-electron chi connectivity index (χ4n) is 5.43. The number of pyridine rings is 2. The molecule has 224 valence electrons. The fourth-order valence-corrected chi connectivity index (χ4v) is 5.49. The van der Waals surface area contributed by atoms with Crippen LogP contribution in [-0.2, 0) is 16.1 Å². The zero-order chi connectivity index (χ0) is 30.6. The van der Waals surface area contributed by atoms with Crippen LogP contribution in [-0.4, -0.2) is 70.9 Å². The van der Waals surface area contributed by atoms with Crippen molar-refractivity contribution >= 4 is 46.0 Å². The second-order valence-electron chi connectivity index (χ2n) is 11.8. The minimum absolute atomic E-state index is 0.0326. The summed E-state index contributed by atoms with van der Waals surface area (Å²) in [6.45, 7) is 13.9. The highest BCUT2D eigenvalue weighted by molar-refractivity contribution is 6.29. The lowest BCUT2D eigenvalue weighted by Gasteiger charge is -2.45. The fraction of sp³-hybridized carbons (Fsp3) is 0.452. The number of hydrogen-bond acceptors (Lipinski definition) is 6. The summed E-state index contributed by atoms with van der Waals surface area (Å²) in [5, 5.41) is 6.98. The number of halogens is 1. The lowest BCUT2D eigenvalue weighted by molar-refractivity contribution is -0.142. The Hall–Kier alpha value is -3.92. The van der Waals surface area contributed by atoms with Gasteiger partial charge in [0, 0.05) is 56.1 Å². The van der Waals surface area contributed by atoms with Crippen molar-refractivity contribution in [3.63, 3.8) is 0 Å². The van der Waals surface area contributed by atoms with Gasteiger partial charge in [-0.25, -0.2) is 4.98 Å². The number of allylic oxidation sites excluding steroid dienone is 4. The van der Waals surface area contributed by atoms with Crippen LogP contribution in [0.5, 0.6) is 0 Å². The molecule has 0 bridgehead atoms. The lowest BCUT2D eigenvalue weighted by atomic mass is 9.84. The van der Waals surface area contributed by atoms with Gasteiger partial charge in [-0.2, -0.15) is 0 Å². The van der Waals surface area contributed by atoms with E-state index in [0.29, 0.717) is 42.1 Å². The number of likely N-dealkylation sites (tertiary alicyclic amines) is 1. The third kappa shape index (κ3) is 7.47. The monoisotopic (exact) mass is 594 g/mol. The molecule has 2 aromatic heterocycles. The minimum Gasteiger partial charge on any atom is -0.368 e. The number of amides is 3. The first-order valence-electron chi connectivity index (χ1n) is 14.1. The first-order chi connectivity index (χ1) is 19.9. The first-order valence-corrected chi connectivity index (χ1v) is 14.5. The predicted octanol–water partition coefficient (Wildman–Crippen LogP) is 3.35. The van der Waals surface area contributed by atoms with Crippen molar-refractivity contribution in [3.8, 4) is 0 Å². The van der Waals surface area contributed by atoms with Crippen molar-refractivity contribution in [2.24, 2.45) is 5.41 Å². The van der Waals surface area contributed by atoms with E-state index in [0.717, 1.165) is 24.2 Å². The topological polar surface area (TPSA) is 117 Å². The maximum absolute atomic E-state index is 13.6. The van der Waals surface area contributed by atoms with Crippen molar-refractivity contribution in [1.82, 2.24) is 25.1 Å². The van der Waals surface area contributed by atoms with Crippen molar-refractivity contribution < 1.29 is 14.4 Å². The predicted molar refractivity (Wildman–Crippen MR) is 166 cm³/mol. The molecule has 0 aliphatic carbocycles. The van der Waals surface area contributed by atoms with Crippen LogP contribution in [0.1, 0.15) is 50.9 Å². The number of carbonyl (C=O) groups excluding carboxylic acids is 3. The van der Waals surface area contributed by atoms with Crippen LogP contribution in [0.4, 0.5) is 5.69 Å². The highest BCUT2D eigenvalue weighted by atomic mass is 35.5. The van der Waals surface area contributed by atoms with E-state index in [9.17, 15) is 19.2 Å². The molecular weight excluding hydrogens is 556 g/mol. The van der Waals surface area contributed by atoms with Gasteiger partial charge in [0.25, 0.3) is 11.5 Å². The van der Waals surface area contributed by atoms with Gasteiger partial charge in [-0.1, -0.05) is 44.2 Å². The molecule has 0 aromatic carbocycles. The number of aromatic nitrogens is 2. The highest BCUT2D eigenvalue weighted by Gasteiger charge is 2.37. The van der Waals surface area contributed by atoms with Crippen molar-refractivity contribution in [1.29, 1.82) is 0 Å². The quantitative estimate of drug-likeness (QED) is 0.408. The Kier molecular flexibility index (Phi) is 9.56. The van der Waals surface area contributed by atoms with Gasteiger partial charge in [-0.15, -0.1) is 0 Å². The number of fused-ring (bicyclic) bond motifs is 1. The number of anilines is 1. The third-order valence-corrected chi connectivity index (χ3v) is 7.62. The SMILES string of the molecule is C=CC(=CC=C(C)Cl)CCNC(=O)c1cc2cc(N3CCC(NC(C)=O)C3)cnc2n(CC(=O)N2CC(C)(C)C2)c1=O. The molecule has 11 heteroatoms. The molecule has 2 saturated heterocycles. The lowest BCUT2D eigenvalue weighted by Crippen LogP contribution is -2.56. The Balaban J connectivity index is 1.63. The number of carbonyl (C=O) groups is 3. The largest absolute Gasteiger partial charge is 0.368 e. The molecule has 0 radical (unpaired) electrons. The molecule has 4 rings (SSSR count). The van der Waals surface area contributed by atoms with E-state index in [1.807, 2.05) is 12.1 Å². The number of nitrogens with zero attached hydrogens (tertiary/aromatic N) is 4. The van der Waals surface area contributed by atoms with Gasteiger partial charge in [0.05, 0.1) is 11.9 Å². The van der Waals surface area contributed by atoms with Gasteiger partial charge >= 0.3 is 0 Å². The Morgan fingerprint density at radius 1 is 1.19 bits per heavy atom. The molecule has 2 aliphatic heterocycles. The first kappa shape index (κ1) is 31.0. The van der Waals surface area contributed by atoms with E-state index in [2.05, 4.69) is 40.9 Å². The van der Waals surface area contributed by atoms with Gasteiger partial charge in [0.1, 0.15) is 17.8 Å². The van der Waals surface area contributed by atoms with Gasteiger partial charge in [0.2, 0.25) is 11.8 Å². The normalized spacial score (nSPS) is 18.5. The van der Waals surface area contributed by atoms with Gasteiger partial charge < -0.3 is 20.4 Å². The molecule has 1 atom stereocenters. The summed E-state index contributed by atoms with van der Waals surface area (Å²) in [6.07, 6.45) is 8.24. The second-order valence-corrected chi connectivity index (χ2v) is 12.4. The minimum atomic E-state index is -0.569. The Morgan fingerprint density at radius 2 is 1.93 bits per heavy atom. The molecule has 3 amide bonds. The Labute approximate surface area is 251 Å². The van der Waals surface area contributed by atoms with E-state index in [1.165, 1.54) is 11.5 Å². The molecule has 2 aliphatic rings. The molecule has 0 spiro atoms. The third-order valence-electron chi connectivity index (χ3n) is 7.49. The maximum Gasteiger partial charge on any atom is 0.265 e. The Bertz CT molecular complexity index is 1510. The summed E-state index contributed by atoms with van der Waals surface area (Å²) >= 11 is 5.91. The molecule has 1 unspecified atom stereocenters. The Morgan fingerprint density at radius 3 is 2.57 bits per heavy atom. The highest BCUT2D eigenvalue weighted by Crippen LogP contribution is 2.29. The summed E-state index contributed by atoms with van der Waals surface area (Å²) in [5.41, 5.74) is 1.44. The van der Waals surface area contributed by atoms with Crippen molar-refractivity contribution in [2.75, 3.05) is 37.6 Å². The molecule has 2 fully saturated rings. The van der Waals surface area contributed by atoms with Crippen molar-refractivity contribution in [3.05, 3.63) is 69.7 Å². The molecule has 42 heavy (non-hydrogen) atoms. The second kappa shape index (κ2) is 12.9. The molecule has 0 saturated carbocycles. The molecular formula is C31H39ClN6O4. The molecule has 2 N–H and O–H groups in total. The zero-order valence-corrected chi connectivity index (χ0v) is 25.5. The van der Waals surface area contributed by atoms with Gasteiger partial charge in [-0.05, 0) is 49.0 Å². The van der Waals surface area contributed by atoms with Crippen LogP contribution in [0, 0.1) is 5.41 Å². The van der Waals surface area contributed by atoms with Crippen LogP contribution >= 0.6 is 11.6 Å².